The minimum Gasteiger partial charge on any atom is -0.462 e. The number of ether oxygens (including phenoxy) is 1. The molecule has 1 aromatic heterocycles. The van der Waals surface area contributed by atoms with E-state index in [4.69, 9.17) is 16.3 Å². The molecule has 3 aromatic rings. The van der Waals surface area contributed by atoms with E-state index in [-0.39, 0.29) is 18.3 Å². The van der Waals surface area contributed by atoms with Crippen molar-refractivity contribution >= 4 is 29.2 Å². The summed E-state index contributed by atoms with van der Waals surface area (Å²) in [4.78, 5) is 24.8. The molecule has 0 unspecified atom stereocenters. The normalized spacial score (nSPS) is 10.6. The van der Waals surface area contributed by atoms with Crippen LogP contribution in [0.2, 0.25) is 5.02 Å². The predicted molar refractivity (Wildman–Crippen MR) is 115 cm³/mol. The van der Waals surface area contributed by atoms with Crippen LogP contribution in [0.1, 0.15) is 29.4 Å². The number of nitrogens with zero attached hydrogens (tertiary/aromatic N) is 1. The van der Waals surface area contributed by atoms with Crippen molar-refractivity contribution in [3.63, 3.8) is 0 Å². The summed E-state index contributed by atoms with van der Waals surface area (Å²) in [6, 6.07) is 18.6. The van der Waals surface area contributed by atoms with Crippen LogP contribution in [0.4, 0.5) is 5.69 Å². The van der Waals surface area contributed by atoms with Crippen molar-refractivity contribution in [3.05, 3.63) is 76.9 Å². The van der Waals surface area contributed by atoms with Gasteiger partial charge in [0, 0.05) is 35.1 Å². The van der Waals surface area contributed by atoms with Gasteiger partial charge in [0.15, 0.2) is 0 Å². The summed E-state index contributed by atoms with van der Waals surface area (Å²) in [5.41, 5.74) is 3.85. The average Bonchev–Trinajstić information content (AvgIpc) is 3.05. The number of hydrogen-bond acceptors (Lipinski definition) is 3. The molecule has 5 nitrogen and oxygen atoms in total. The lowest BCUT2D eigenvalue weighted by molar-refractivity contribution is -0.116. The molecule has 0 aliphatic carbocycles. The summed E-state index contributed by atoms with van der Waals surface area (Å²) in [7, 11) is 0. The van der Waals surface area contributed by atoms with Gasteiger partial charge in [-0.3, -0.25) is 4.79 Å². The molecule has 0 spiro atoms. The standard InChI is InChI=1S/C23H23ClN2O3/c1-3-29-23(28)20-15-21(17-7-5-4-6-8-17)26(16(20)2)14-13-22(27)25-19-11-9-18(24)10-12-19/h4-12,15H,3,13-14H2,1-2H3,(H,25,27). The molecule has 0 saturated heterocycles. The number of amides is 1. The van der Waals surface area contributed by atoms with Crippen LogP contribution in [0.15, 0.2) is 60.7 Å². The highest BCUT2D eigenvalue weighted by Crippen LogP contribution is 2.27. The Bertz CT molecular complexity index is 995. The third kappa shape index (κ3) is 5.06. The van der Waals surface area contributed by atoms with Gasteiger partial charge in [-0.15, -0.1) is 0 Å². The Morgan fingerprint density at radius 2 is 1.76 bits per heavy atom. The average molecular weight is 411 g/mol. The number of rotatable bonds is 7. The lowest BCUT2D eigenvalue weighted by atomic mass is 10.1. The van der Waals surface area contributed by atoms with E-state index in [1.807, 2.05) is 47.9 Å². The Morgan fingerprint density at radius 1 is 1.07 bits per heavy atom. The van der Waals surface area contributed by atoms with Crippen LogP contribution in [0.5, 0.6) is 0 Å². The molecular formula is C23H23ClN2O3. The maximum atomic E-state index is 12.4. The summed E-state index contributed by atoms with van der Waals surface area (Å²) < 4.78 is 7.17. The van der Waals surface area contributed by atoms with Gasteiger partial charge in [-0.1, -0.05) is 41.9 Å². The Labute approximate surface area is 175 Å². The van der Waals surface area contributed by atoms with E-state index >= 15 is 0 Å². The second-order valence-corrected chi connectivity index (χ2v) is 7.01. The number of hydrogen-bond donors (Lipinski definition) is 1. The largest absolute Gasteiger partial charge is 0.462 e. The van der Waals surface area contributed by atoms with E-state index < -0.39 is 0 Å². The summed E-state index contributed by atoms with van der Waals surface area (Å²) in [6.07, 6.45) is 0.264. The van der Waals surface area contributed by atoms with Gasteiger partial charge in [0.05, 0.1) is 12.2 Å². The van der Waals surface area contributed by atoms with Gasteiger partial charge in [-0.2, -0.15) is 0 Å². The number of halogens is 1. The van der Waals surface area contributed by atoms with Crippen LogP contribution in [-0.2, 0) is 16.1 Å². The Morgan fingerprint density at radius 3 is 2.41 bits per heavy atom. The van der Waals surface area contributed by atoms with E-state index in [1.54, 1.807) is 31.2 Å². The molecule has 0 fully saturated rings. The molecule has 0 aliphatic rings. The van der Waals surface area contributed by atoms with E-state index in [0.29, 0.717) is 29.4 Å². The first-order chi connectivity index (χ1) is 14.0. The highest BCUT2D eigenvalue weighted by molar-refractivity contribution is 6.30. The van der Waals surface area contributed by atoms with Gasteiger partial charge in [0.2, 0.25) is 5.91 Å². The van der Waals surface area contributed by atoms with Gasteiger partial charge >= 0.3 is 5.97 Å². The van der Waals surface area contributed by atoms with Crippen LogP contribution in [0.3, 0.4) is 0 Å². The first-order valence-electron chi connectivity index (χ1n) is 9.47. The Balaban J connectivity index is 1.82. The molecule has 0 aliphatic heterocycles. The minimum atomic E-state index is -0.355. The van der Waals surface area contributed by atoms with Crippen LogP contribution in [0.25, 0.3) is 11.3 Å². The van der Waals surface area contributed by atoms with Crippen molar-refractivity contribution < 1.29 is 14.3 Å². The van der Waals surface area contributed by atoms with Crippen molar-refractivity contribution in [2.45, 2.75) is 26.8 Å². The maximum Gasteiger partial charge on any atom is 0.339 e. The first-order valence-corrected chi connectivity index (χ1v) is 9.85. The Hall–Kier alpha value is -3.05. The topological polar surface area (TPSA) is 60.3 Å². The summed E-state index contributed by atoms with van der Waals surface area (Å²) in [5.74, 6) is -0.469. The number of anilines is 1. The molecule has 0 radical (unpaired) electrons. The molecule has 0 atom stereocenters. The fourth-order valence-electron chi connectivity index (χ4n) is 3.17. The molecule has 1 heterocycles. The molecule has 29 heavy (non-hydrogen) atoms. The van der Waals surface area contributed by atoms with Gasteiger partial charge in [0.1, 0.15) is 0 Å². The van der Waals surface area contributed by atoms with E-state index in [9.17, 15) is 9.59 Å². The molecule has 0 saturated carbocycles. The zero-order chi connectivity index (χ0) is 20.8. The number of carbonyl (C=O) groups is 2. The smallest absolute Gasteiger partial charge is 0.339 e. The van der Waals surface area contributed by atoms with Gasteiger partial charge < -0.3 is 14.6 Å². The van der Waals surface area contributed by atoms with Gasteiger partial charge in [-0.05, 0) is 49.7 Å². The molecule has 3 rings (SSSR count). The molecule has 2 aromatic carbocycles. The van der Waals surface area contributed by atoms with Crippen LogP contribution in [-0.4, -0.2) is 23.1 Å². The zero-order valence-electron chi connectivity index (χ0n) is 16.4. The summed E-state index contributed by atoms with van der Waals surface area (Å²) in [6.45, 7) is 4.40. The van der Waals surface area contributed by atoms with Gasteiger partial charge in [-0.25, -0.2) is 4.79 Å². The van der Waals surface area contributed by atoms with Crippen LogP contribution in [0, 0.1) is 6.92 Å². The van der Waals surface area contributed by atoms with Gasteiger partial charge in [0.25, 0.3) is 0 Å². The number of nitrogens with one attached hydrogen (secondary N) is 1. The van der Waals surface area contributed by atoms with Crippen molar-refractivity contribution in [1.29, 1.82) is 0 Å². The second-order valence-electron chi connectivity index (χ2n) is 6.57. The monoisotopic (exact) mass is 410 g/mol. The lowest BCUT2D eigenvalue weighted by Crippen LogP contribution is -2.16. The first kappa shape index (κ1) is 20.7. The lowest BCUT2D eigenvalue weighted by Gasteiger charge is -2.12. The van der Waals surface area contributed by atoms with Crippen LogP contribution < -0.4 is 5.32 Å². The van der Waals surface area contributed by atoms with Crippen molar-refractivity contribution in [2.24, 2.45) is 0 Å². The van der Waals surface area contributed by atoms with E-state index in [0.717, 1.165) is 17.0 Å². The molecule has 1 N–H and O–H groups in total. The minimum absolute atomic E-state index is 0.114. The number of aromatic nitrogens is 1. The fourth-order valence-corrected chi connectivity index (χ4v) is 3.29. The highest BCUT2D eigenvalue weighted by Gasteiger charge is 2.19. The van der Waals surface area contributed by atoms with E-state index in [1.165, 1.54) is 0 Å². The van der Waals surface area contributed by atoms with E-state index in [2.05, 4.69) is 5.32 Å². The zero-order valence-corrected chi connectivity index (χ0v) is 17.2. The van der Waals surface area contributed by atoms with Crippen molar-refractivity contribution in [1.82, 2.24) is 4.57 Å². The molecule has 150 valence electrons. The SMILES string of the molecule is CCOC(=O)c1cc(-c2ccccc2)n(CCC(=O)Nc2ccc(Cl)cc2)c1C. The second kappa shape index (κ2) is 9.43. The number of esters is 1. The van der Waals surface area contributed by atoms with Crippen LogP contribution >= 0.6 is 11.6 Å². The number of benzene rings is 2. The molecule has 6 heteroatoms. The van der Waals surface area contributed by atoms with Crippen molar-refractivity contribution in [3.8, 4) is 11.3 Å². The predicted octanol–water partition coefficient (Wildman–Crippen LogP) is 5.32. The third-order valence-corrected chi connectivity index (χ3v) is 4.87. The maximum absolute atomic E-state index is 12.4. The summed E-state index contributed by atoms with van der Waals surface area (Å²) in [5, 5.41) is 3.48. The quantitative estimate of drug-likeness (QED) is 0.536. The number of carbonyl (C=O) groups excluding carboxylic acids is 2. The molecular weight excluding hydrogens is 388 g/mol. The highest BCUT2D eigenvalue weighted by atomic mass is 35.5. The van der Waals surface area contributed by atoms with Crippen molar-refractivity contribution in [2.75, 3.05) is 11.9 Å². The fraction of sp³-hybridized carbons (Fsp3) is 0.217. The molecule has 1 amide bonds. The summed E-state index contributed by atoms with van der Waals surface area (Å²) >= 11 is 5.88. The molecule has 0 bridgehead atoms. The third-order valence-electron chi connectivity index (χ3n) is 4.62. The Kier molecular flexibility index (Phi) is 6.73.